The number of rotatable bonds is 2. The molecular formula is C11H22N2O. The van der Waals surface area contributed by atoms with Gasteiger partial charge in [0.1, 0.15) is 0 Å². The Morgan fingerprint density at radius 1 is 1.14 bits per heavy atom. The first-order chi connectivity index (χ1) is 6.86. The third-order valence-corrected chi connectivity index (χ3v) is 3.49. The molecular weight excluding hydrogens is 176 g/mol. The zero-order valence-electron chi connectivity index (χ0n) is 9.24. The molecule has 3 heteroatoms. The van der Waals surface area contributed by atoms with Crippen LogP contribution in [0.5, 0.6) is 0 Å². The summed E-state index contributed by atoms with van der Waals surface area (Å²) in [4.78, 5) is 5.08. The van der Waals surface area contributed by atoms with Crippen LogP contribution in [-0.4, -0.2) is 62.3 Å². The molecule has 0 aromatic carbocycles. The molecule has 0 spiro atoms. The van der Waals surface area contributed by atoms with Crippen molar-refractivity contribution < 1.29 is 4.74 Å². The Balaban J connectivity index is 1.76. The SMILES string of the molecule is CN1CCCCC1CN1CCOCC1. The van der Waals surface area contributed by atoms with E-state index in [9.17, 15) is 0 Å². The average Bonchev–Trinajstić information content (AvgIpc) is 2.23. The Labute approximate surface area is 87.0 Å². The molecule has 1 unspecified atom stereocenters. The van der Waals surface area contributed by atoms with Gasteiger partial charge in [-0.2, -0.15) is 0 Å². The van der Waals surface area contributed by atoms with Crippen LogP contribution in [0.2, 0.25) is 0 Å². The summed E-state index contributed by atoms with van der Waals surface area (Å²) < 4.78 is 5.36. The van der Waals surface area contributed by atoms with Crippen LogP contribution in [0.4, 0.5) is 0 Å². The maximum Gasteiger partial charge on any atom is 0.0594 e. The van der Waals surface area contributed by atoms with E-state index in [0.717, 1.165) is 32.3 Å². The van der Waals surface area contributed by atoms with E-state index in [0.29, 0.717) is 0 Å². The first-order valence-corrected chi connectivity index (χ1v) is 5.86. The predicted molar refractivity (Wildman–Crippen MR) is 57.5 cm³/mol. The van der Waals surface area contributed by atoms with Crippen LogP contribution >= 0.6 is 0 Å². The van der Waals surface area contributed by atoms with Crippen molar-refractivity contribution >= 4 is 0 Å². The highest BCUT2D eigenvalue weighted by atomic mass is 16.5. The van der Waals surface area contributed by atoms with Gasteiger partial charge in [0, 0.05) is 25.7 Å². The smallest absolute Gasteiger partial charge is 0.0594 e. The van der Waals surface area contributed by atoms with Crippen molar-refractivity contribution in [2.75, 3.05) is 46.4 Å². The van der Waals surface area contributed by atoms with Gasteiger partial charge in [-0.1, -0.05) is 6.42 Å². The third kappa shape index (κ3) is 2.69. The van der Waals surface area contributed by atoms with Crippen LogP contribution in [0.3, 0.4) is 0 Å². The minimum absolute atomic E-state index is 0.793. The predicted octanol–water partition coefficient (Wildman–Crippen LogP) is 0.803. The Kier molecular flexibility index (Phi) is 3.79. The molecule has 1 atom stereocenters. The highest BCUT2D eigenvalue weighted by Crippen LogP contribution is 2.16. The average molecular weight is 198 g/mol. The van der Waals surface area contributed by atoms with Gasteiger partial charge in [0.05, 0.1) is 13.2 Å². The highest BCUT2D eigenvalue weighted by molar-refractivity contribution is 4.78. The summed E-state index contributed by atoms with van der Waals surface area (Å²) in [5.41, 5.74) is 0. The number of hydrogen-bond acceptors (Lipinski definition) is 3. The fraction of sp³-hybridized carbons (Fsp3) is 1.00. The Morgan fingerprint density at radius 2 is 1.93 bits per heavy atom. The number of morpholine rings is 1. The van der Waals surface area contributed by atoms with E-state index >= 15 is 0 Å². The molecule has 14 heavy (non-hydrogen) atoms. The Hall–Kier alpha value is -0.120. The summed E-state index contributed by atoms with van der Waals surface area (Å²) in [6, 6.07) is 0.793. The molecule has 0 amide bonds. The normalized spacial score (nSPS) is 31.9. The van der Waals surface area contributed by atoms with Gasteiger partial charge < -0.3 is 9.64 Å². The van der Waals surface area contributed by atoms with E-state index in [1.807, 2.05) is 0 Å². The quantitative estimate of drug-likeness (QED) is 0.653. The zero-order valence-corrected chi connectivity index (χ0v) is 9.24. The highest BCUT2D eigenvalue weighted by Gasteiger charge is 2.22. The number of nitrogens with zero attached hydrogens (tertiary/aromatic N) is 2. The van der Waals surface area contributed by atoms with Crippen LogP contribution < -0.4 is 0 Å². The minimum atomic E-state index is 0.793. The van der Waals surface area contributed by atoms with Crippen molar-refractivity contribution in [1.29, 1.82) is 0 Å². The largest absolute Gasteiger partial charge is 0.379 e. The van der Waals surface area contributed by atoms with Gasteiger partial charge in [-0.25, -0.2) is 0 Å². The third-order valence-electron chi connectivity index (χ3n) is 3.49. The molecule has 0 saturated carbocycles. The summed E-state index contributed by atoms with van der Waals surface area (Å²) in [7, 11) is 2.27. The van der Waals surface area contributed by atoms with Crippen molar-refractivity contribution in [1.82, 2.24) is 9.80 Å². The van der Waals surface area contributed by atoms with Crippen molar-refractivity contribution in [2.24, 2.45) is 0 Å². The van der Waals surface area contributed by atoms with Crippen LogP contribution in [-0.2, 0) is 4.74 Å². The van der Waals surface area contributed by atoms with Gasteiger partial charge in [0.2, 0.25) is 0 Å². The molecule has 0 aromatic rings. The maximum atomic E-state index is 5.36. The van der Waals surface area contributed by atoms with E-state index in [1.54, 1.807) is 0 Å². The lowest BCUT2D eigenvalue weighted by Gasteiger charge is -2.37. The zero-order chi connectivity index (χ0) is 9.80. The second-order valence-electron chi connectivity index (χ2n) is 4.54. The number of likely N-dealkylation sites (N-methyl/N-ethyl adjacent to an activating group) is 1. The number of hydrogen-bond donors (Lipinski definition) is 0. The first-order valence-electron chi connectivity index (χ1n) is 5.86. The van der Waals surface area contributed by atoms with E-state index < -0.39 is 0 Å². The molecule has 2 aliphatic heterocycles. The topological polar surface area (TPSA) is 15.7 Å². The second kappa shape index (κ2) is 5.10. The summed E-state index contributed by atoms with van der Waals surface area (Å²) in [5.74, 6) is 0. The van der Waals surface area contributed by atoms with E-state index in [-0.39, 0.29) is 0 Å². The fourth-order valence-electron chi connectivity index (χ4n) is 2.46. The van der Waals surface area contributed by atoms with Gasteiger partial charge >= 0.3 is 0 Å². The summed E-state index contributed by atoms with van der Waals surface area (Å²) in [6.45, 7) is 6.65. The molecule has 2 fully saturated rings. The monoisotopic (exact) mass is 198 g/mol. The standard InChI is InChI=1S/C11H22N2O/c1-12-5-3-2-4-11(12)10-13-6-8-14-9-7-13/h11H,2-10H2,1H3. The maximum absolute atomic E-state index is 5.36. The second-order valence-corrected chi connectivity index (χ2v) is 4.54. The molecule has 0 N–H and O–H groups in total. The lowest BCUT2D eigenvalue weighted by Crippen LogP contribution is -2.47. The number of piperidine rings is 1. The first kappa shape index (κ1) is 10.4. The summed E-state index contributed by atoms with van der Waals surface area (Å²) in [6.07, 6.45) is 4.18. The summed E-state index contributed by atoms with van der Waals surface area (Å²) >= 11 is 0. The molecule has 2 rings (SSSR count). The van der Waals surface area contributed by atoms with Gasteiger partial charge in [0.15, 0.2) is 0 Å². The lowest BCUT2D eigenvalue weighted by molar-refractivity contribution is 0.0206. The molecule has 3 nitrogen and oxygen atoms in total. The van der Waals surface area contributed by atoms with E-state index in [4.69, 9.17) is 4.74 Å². The fourth-order valence-corrected chi connectivity index (χ4v) is 2.46. The Morgan fingerprint density at radius 3 is 2.64 bits per heavy atom. The number of likely N-dealkylation sites (tertiary alicyclic amines) is 1. The van der Waals surface area contributed by atoms with Crippen molar-refractivity contribution in [3.05, 3.63) is 0 Å². The molecule has 82 valence electrons. The van der Waals surface area contributed by atoms with Crippen LogP contribution in [0.1, 0.15) is 19.3 Å². The Bertz CT molecular complexity index is 169. The molecule has 0 radical (unpaired) electrons. The van der Waals surface area contributed by atoms with E-state index in [1.165, 1.54) is 32.4 Å². The van der Waals surface area contributed by atoms with Crippen molar-refractivity contribution in [3.8, 4) is 0 Å². The van der Waals surface area contributed by atoms with Crippen LogP contribution in [0, 0.1) is 0 Å². The van der Waals surface area contributed by atoms with Crippen molar-refractivity contribution in [2.45, 2.75) is 25.3 Å². The lowest BCUT2D eigenvalue weighted by atomic mass is 10.0. The summed E-state index contributed by atoms with van der Waals surface area (Å²) in [5, 5.41) is 0. The van der Waals surface area contributed by atoms with Gasteiger partial charge in [-0.15, -0.1) is 0 Å². The van der Waals surface area contributed by atoms with Gasteiger partial charge in [0.25, 0.3) is 0 Å². The molecule has 0 aliphatic carbocycles. The minimum Gasteiger partial charge on any atom is -0.379 e. The molecule has 0 aromatic heterocycles. The van der Waals surface area contributed by atoms with Crippen LogP contribution in [0.15, 0.2) is 0 Å². The molecule has 2 aliphatic rings. The van der Waals surface area contributed by atoms with Crippen LogP contribution in [0.25, 0.3) is 0 Å². The van der Waals surface area contributed by atoms with Gasteiger partial charge in [-0.3, -0.25) is 4.90 Å². The molecule has 2 heterocycles. The molecule has 2 saturated heterocycles. The van der Waals surface area contributed by atoms with E-state index in [2.05, 4.69) is 16.8 Å². The number of ether oxygens (including phenoxy) is 1. The molecule has 0 bridgehead atoms. The van der Waals surface area contributed by atoms with Gasteiger partial charge in [-0.05, 0) is 26.4 Å². The van der Waals surface area contributed by atoms with Crippen molar-refractivity contribution in [3.63, 3.8) is 0 Å².